The van der Waals surface area contributed by atoms with Gasteiger partial charge in [0.25, 0.3) is 0 Å². The van der Waals surface area contributed by atoms with Gasteiger partial charge in [0.2, 0.25) is 0 Å². The summed E-state index contributed by atoms with van der Waals surface area (Å²) in [4.78, 5) is 13.8. The fourth-order valence-corrected chi connectivity index (χ4v) is 2.83. The van der Waals surface area contributed by atoms with Gasteiger partial charge in [0.15, 0.2) is 10.8 Å². The highest BCUT2D eigenvalue weighted by molar-refractivity contribution is 8.15. The van der Waals surface area contributed by atoms with Gasteiger partial charge in [-0.3, -0.25) is 10.2 Å². The molecule has 114 valence electrons. The van der Waals surface area contributed by atoms with Crippen molar-refractivity contribution in [2.75, 3.05) is 11.7 Å². The number of halogens is 1. The van der Waals surface area contributed by atoms with E-state index in [1.54, 1.807) is 23.9 Å². The van der Waals surface area contributed by atoms with Crippen LogP contribution < -0.4 is 5.43 Å². The van der Waals surface area contributed by atoms with E-state index in [4.69, 9.17) is 11.6 Å². The number of rotatable bonds is 5. The van der Waals surface area contributed by atoms with Crippen LogP contribution in [0.4, 0.5) is 5.69 Å². The zero-order chi connectivity index (χ0) is 15.9. The molecule has 0 fully saturated rings. The molecule has 0 aliphatic heterocycles. The number of carbonyl (C=O) groups excluding carboxylic acids is 1. The first-order valence-corrected chi connectivity index (χ1v) is 8.92. The molecule has 2 rings (SSSR count). The molecule has 2 aromatic carbocycles. The second-order valence-electron chi connectivity index (χ2n) is 4.37. The molecule has 0 spiro atoms. The summed E-state index contributed by atoms with van der Waals surface area (Å²) in [5.74, 6) is -0.0896. The third-order valence-electron chi connectivity index (χ3n) is 2.71. The summed E-state index contributed by atoms with van der Waals surface area (Å²) in [6, 6.07) is 15.2. The highest BCUT2D eigenvalue weighted by Crippen LogP contribution is 2.23. The number of nitrogens with zero attached hydrogens (tertiary/aromatic N) is 1. The van der Waals surface area contributed by atoms with Gasteiger partial charge in [0.05, 0.1) is 5.69 Å². The number of benzene rings is 2. The summed E-state index contributed by atoms with van der Waals surface area (Å²) in [6.45, 7) is 1.50. The van der Waals surface area contributed by atoms with Crippen LogP contribution in [0.25, 0.3) is 0 Å². The number of nitrogens with one attached hydrogen (secondary N) is 1. The summed E-state index contributed by atoms with van der Waals surface area (Å²) < 4.78 is 0. The smallest absolute Gasteiger partial charge is 0.186 e. The average molecular weight is 351 g/mol. The number of hydrogen-bond donors (Lipinski definition) is 1. The fourth-order valence-electron chi connectivity index (χ4n) is 1.57. The lowest BCUT2D eigenvalue weighted by Gasteiger charge is -2.05. The molecule has 0 unspecified atom stereocenters. The summed E-state index contributed by atoms with van der Waals surface area (Å²) in [6.07, 6.45) is 2.02. The van der Waals surface area contributed by atoms with Gasteiger partial charge in [0, 0.05) is 21.7 Å². The van der Waals surface area contributed by atoms with Crippen molar-refractivity contribution in [2.45, 2.75) is 16.7 Å². The van der Waals surface area contributed by atoms with Crippen molar-refractivity contribution in [3.63, 3.8) is 0 Å². The maximum Gasteiger partial charge on any atom is 0.186 e. The van der Waals surface area contributed by atoms with Crippen molar-refractivity contribution in [1.82, 2.24) is 0 Å². The van der Waals surface area contributed by atoms with Crippen molar-refractivity contribution in [3.05, 3.63) is 53.6 Å². The molecule has 3 nitrogen and oxygen atoms in total. The van der Waals surface area contributed by atoms with Crippen LogP contribution >= 0.6 is 35.1 Å². The molecule has 0 radical (unpaired) electrons. The highest BCUT2D eigenvalue weighted by atomic mass is 35.5. The van der Waals surface area contributed by atoms with Crippen LogP contribution in [0.2, 0.25) is 5.02 Å². The lowest BCUT2D eigenvalue weighted by molar-refractivity contribution is -0.110. The summed E-state index contributed by atoms with van der Waals surface area (Å²) in [5, 5.41) is 5.27. The summed E-state index contributed by atoms with van der Waals surface area (Å²) in [7, 11) is 0. The Morgan fingerprint density at radius 3 is 2.18 bits per heavy atom. The Morgan fingerprint density at radius 1 is 1.05 bits per heavy atom. The molecular weight excluding hydrogens is 336 g/mol. The molecule has 0 saturated heterocycles. The van der Waals surface area contributed by atoms with Crippen molar-refractivity contribution in [1.29, 1.82) is 0 Å². The second kappa shape index (κ2) is 8.27. The van der Waals surface area contributed by atoms with Gasteiger partial charge in [-0.2, -0.15) is 5.10 Å². The predicted octanol–water partition coefficient (Wildman–Crippen LogP) is 5.17. The lowest BCUT2D eigenvalue weighted by atomic mass is 10.3. The Kier molecular flexibility index (Phi) is 6.36. The van der Waals surface area contributed by atoms with Gasteiger partial charge in [0.1, 0.15) is 0 Å². The zero-order valence-corrected chi connectivity index (χ0v) is 14.6. The number of hydrazone groups is 1. The molecule has 0 atom stereocenters. The van der Waals surface area contributed by atoms with Gasteiger partial charge in [-0.1, -0.05) is 23.4 Å². The van der Waals surface area contributed by atoms with Crippen molar-refractivity contribution < 1.29 is 4.79 Å². The molecule has 0 aromatic heterocycles. The number of Topliss-reactive ketones (excluding diaryl/α,β-unsaturated/α-hetero) is 1. The molecule has 0 aliphatic carbocycles. The number of carbonyl (C=O) groups is 1. The minimum absolute atomic E-state index is 0.0896. The number of hydrogen-bond acceptors (Lipinski definition) is 5. The average Bonchev–Trinajstić information content (AvgIpc) is 2.53. The SMILES string of the molecule is CSc1ccc(N/N=C(/Sc2ccc(Cl)cc2)C(C)=O)cc1. The molecule has 0 amide bonds. The Balaban J connectivity index is 2.09. The van der Waals surface area contributed by atoms with Gasteiger partial charge in [-0.05, 0) is 54.8 Å². The van der Waals surface area contributed by atoms with Crippen LogP contribution in [0.3, 0.4) is 0 Å². The largest absolute Gasteiger partial charge is 0.292 e. The molecule has 6 heteroatoms. The Bertz CT molecular complexity index is 670. The minimum atomic E-state index is -0.0896. The van der Waals surface area contributed by atoms with E-state index in [0.717, 1.165) is 10.6 Å². The highest BCUT2D eigenvalue weighted by Gasteiger charge is 2.08. The second-order valence-corrected chi connectivity index (χ2v) is 6.75. The Labute approximate surface area is 143 Å². The maximum atomic E-state index is 11.7. The molecule has 22 heavy (non-hydrogen) atoms. The van der Waals surface area contributed by atoms with Crippen LogP contribution in [0.15, 0.2) is 63.4 Å². The summed E-state index contributed by atoms with van der Waals surface area (Å²) in [5.41, 5.74) is 3.76. The first-order chi connectivity index (χ1) is 10.6. The fraction of sp³-hybridized carbons (Fsp3) is 0.125. The minimum Gasteiger partial charge on any atom is -0.292 e. The van der Waals surface area contributed by atoms with Crippen molar-refractivity contribution >= 4 is 51.6 Å². The normalized spacial score (nSPS) is 11.3. The van der Waals surface area contributed by atoms with Gasteiger partial charge in [-0.15, -0.1) is 11.8 Å². The molecule has 0 bridgehead atoms. The predicted molar refractivity (Wildman–Crippen MR) is 97.3 cm³/mol. The van der Waals surface area contributed by atoms with E-state index in [-0.39, 0.29) is 5.78 Å². The van der Waals surface area contributed by atoms with Gasteiger partial charge in [-0.25, -0.2) is 0 Å². The topological polar surface area (TPSA) is 41.5 Å². The molecule has 0 heterocycles. The van der Waals surface area contributed by atoms with E-state index >= 15 is 0 Å². The molecular formula is C16H15ClN2OS2. The quantitative estimate of drug-likeness (QED) is 0.349. The number of ketones is 1. The molecule has 0 aliphatic rings. The van der Waals surface area contributed by atoms with Crippen LogP contribution in [0, 0.1) is 0 Å². The molecule has 1 N–H and O–H groups in total. The zero-order valence-electron chi connectivity index (χ0n) is 12.2. The number of anilines is 1. The lowest BCUT2D eigenvalue weighted by Crippen LogP contribution is -2.08. The standard InChI is InChI=1S/C16H15ClN2OS2/c1-11(20)16(22-15-7-3-12(17)4-8-15)19-18-13-5-9-14(21-2)10-6-13/h3-10,18H,1-2H3/b19-16+. The van der Waals surface area contributed by atoms with E-state index in [0.29, 0.717) is 10.1 Å². The number of thioether (sulfide) groups is 2. The first kappa shape index (κ1) is 16.9. The van der Waals surface area contributed by atoms with Crippen molar-refractivity contribution in [2.24, 2.45) is 5.10 Å². The van der Waals surface area contributed by atoms with E-state index < -0.39 is 0 Å². The molecule has 2 aromatic rings. The van der Waals surface area contributed by atoms with Crippen LogP contribution in [-0.4, -0.2) is 17.1 Å². The maximum absolute atomic E-state index is 11.7. The monoisotopic (exact) mass is 350 g/mol. The van der Waals surface area contributed by atoms with Crippen molar-refractivity contribution in [3.8, 4) is 0 Å². The van der Waals surface area contributed by atoms with E-state index in [9.17, 15) is 4.79 Å². The van der Waals surface area contributed by atoms with Crippen LogP contribution in [0.1, 0.15) is 6.92 Å². The summed E-state index contributed by atoms with van der Waals surface area (Å²) >= 11 is 8.84. The van der Waals surface area contributed by atoms with E-state index in [2.05, 4.69) is 10.5 Å². The third-order valence-corrected chi connectivity index (χ3v) is 4.78. The van der Waals surface area contributed by atoms with Gasteiger partial charge >= 0.3 is 0 Å². The third kappa shape index (κ3) is 5.09. The Morgan fingerprint density at radius 2 is 1.64 bits per heavy atom. The Hall–Kier alpha value is -1.43. The van der Waals surface area contributed by atoms with Crippen LogP contribution in [0.5, 0.6) is 0 Å². The van der Waals surface area contributed by atoms with E-state index in [1.165, 1.54) is 23.6 Å². The molecule has 0 saturated carbocycles. The van der Waals surface area contributed by atoms with E-state index in [1.807, 2.05) is 42.7 Å². The van der Waals surface area contributed by atoms with Gasteiger partial charge < -0.3 is 0 Å². The first-order valence-electron chi connectivity index (χ1n) is 6.50. The van der Waals surface area contributed by atoms with Crippen LogP contribution in [-0.2, 0) is 4.79 Å².